The summed E-state index contributed by atoms with van der Waals surface area (Å²) in [6, 6.07) is 10.3. The Balaban J connectivity index is 1.87. The van der Waals surface area contributed by atoms with E-state index >= 15 is 0 Å². The first-order chi connectivity index (χ1) is 9.58. The predicted octanol–water partition coefficient (Wildman–Crippen LogP) is 2.20. The number of fused-ring (bicyclic) bond motifs is 1. The Morgan fingerprint density at radius 1 is 1.05 bits per heavy atom. The smallest absolute Gasteiger partial charge is 0.307 e. The molecule has 0 aliphatic heterocycles. The molecule has 1 saturated carbocycles. The molecule has 0 bridgehead atoms. The van der Waals surface area contributed by atoms with Gasteiger partial charge in [-0.2, -0.15) is 0 Å². The van der Waals surface area contributed by atoms with Crippen molar-refractivity contribution in [3.8, 4) is 5.75 Å². The predicted molar refractivity (Wildman–Crippen MR) is 73.5 cm³/mol. The van der Waals surface area contributed by atoms with Gasteiger partial charge in [-0.25, -0.2) is 0 Å². The molecular formula is C15H13NO4. The van der Waals surface area contributed by atoms with Gasteiger partial charge in [-0.1, -0.05) is 24.3 Å². The molecule has 2 aromatic rings. The number of nitrogens with one attached hydrogen (secondary N) is 1. The van der Waals surface area contributed by atoms with Crippen molar-refractivity contribution in [2.75, 3.05) is 5.32 Å². The Hall–Kier alpha value is -2.56. The maximum absolute atomic E-state index is 12.0. The fourth-order valence-corrected chi connectivity index (χ4v) is 2.39. The second kappa shape index (κ2) is 4.52. The van der Waals surface area contributed by atoms with E-state index in [0.717, 1.165) is 5.39 Å². The van der Waals surface area contributed by atoms with Crippen LogP contribution < -0.4 is 5.32 Å². The first-order valence-electron chi connectivity index (χ1n) is 6.32. The number of phenols is 1. The van der Waals surface area contributed by atoms with Crippen LogP contribution in [-0.4, -0.2) is 22.1 Å². The van der Waals surface area contributed by atoms with Crippen LogP contribution in [0.1, 0.15) is 6.42 Å². The number of carboxylic acid groups (broad SMARTS) is 1. The van der Waals surface area contributed by atoms with Gasteiger partial charge in [0.15, 0.2) is 0 Å². The van der Waals surface area contributed by atoms with Crippen LogP contribution in [0.5, 0.6) is 5.75 Å². The van der Waals surface area contributed by atoms with Crippen LogP contribution >= 0.6 is 0 Å². The highest BCUT2D eigenvalue weighted by Crippen LogP contribution is 2.40. The summed E-state index contributed by atoms with van der Waals surface area (Å²) < 4.78 is 0. The van der Waals surface area contributed by atoms with E-state index in [1.54, 1.807) is 36.4 Å². The summed E-state index contributed by atoms with van der Waals surface area (Å²) in [6.45, 7) is 0. The number of carbonyl (C=O) groups excluding carboxylic acids is 1. The average Bonchev–Trinajstić information content (AvgIpc) is 3.20. The lowest BCUT2D eigenvalue weighted by Gasteiger charge is -2.09. The molecule has 2 atom stereocenters. The highest BCUT2D eigenvalue weighted by atomic mass is 16.4. The van der Waals surface area contributed by atoms with E-state index in [2.05, 4.69) is 5.32 Å². The van der Waals surface area contributed by atoms with Crippen LogP contribution in [0.3, 0.4) is 0 Å². The Kier molecular flexibility index (Phi) is 2.82. The Bertz CT molecular complexity index is 710. The van der Waals surface area contributed by atoms with Crippen LogP contribution in [0.4, 0.5) is 5.69 Å². The molecule has 5 heteroatoms. The minimum absolute atomic E-state index is 0.147. The molecule has 20 heavy (non-hydrogen) atoms. The second-order valence-corrected chi connectivity index (χ2v) is 4.95. The van der Waals surface area contributed by atoms with Gasteiger partial charge in [0, 0.05) is 16.5 Å². The topological polar surface area (TPSA) is 86.6 Å². The zero-order chi connectivity index (χ0) is 14.3. The van der Waals surface area contributed by atoms with Crippen LogP contribution in [0, 0.1) is 11.8 Å². The number of phenolic OH excluding ortho intramolecular Hbond substituents is 1. The molecule has 5 nitrogen and oxygen atoms in total. The van der Waals surface area contributed by atoms with Gasteiger partial charge in [-0.3, -0.25) is 9.59 Å². The molecule has 2 aromatic carbocycles. The number of amides is 1. The van der Waals surface area contributed by atoms with E-state index in [-0.39, 0.29) is 11.7 Å². The van der Waals surface area contributed by atoms with Crippen LogP contribution in [0.15, 0.2) is 36.4 Å². The summed E-state index contributed by atoms with van der Waals surface area (Å²) in [5.74, 6) is -2.10. The largest absolute Gasteiger partial charge is 0.507 e. The third-order valence-electron chi connectivity index (χ3n) is 3.60. The minimum atomic E-state index is -0.930. The van der Waals surface area contributed by atoms with Crippen LogP contribution in [-0.2, 0) is 9.59 Å². The molecule has 1 aliphatic rings. The van der Waals surface area contributed by atoms with E-state index in [1.807, 2.05) is 0 Å². The SMILES string of the molecule is O=C(O)[C@H]1C[C@H]1C(=O)Nc1cccc2c(O)cccc12. The number of rotatable bonds is 3. The van der Waals surface area contributed by atoms with E-state index in [9.17, 15) is 14.7 Å². The first kappa shape index (κ1) is 12.5. The van der Waals surface area contributed by atoms with Crippen molar-refractivity contribution >= 4 is 28.3 Å². The van der Waals surface area contributed by atoms with Gasteiger partial charge in [-0.05, 0) is 18.6 Å². The van der Waals surface area contributed by atoms with Gasteiger partial charge >= 0.3 is 5.97 Å². The molecule has 0 aromatic heterocycles. The Morgan fingerprint density at radius 3 is 2.45 bits per heavy atom. The number of aliphatic carboxylic acids is 1. The number of anilines is 1. The number of carbonyl (C=O) groups is 2. The van der Waals surface area contributed by atoms with E-state index < -0.39 is 17.8 Å². The maximum atomic E-state index is 12.0. The highest BCUT2D eigenvalue weighted by Gasteiger charge is 2.48. The lowest BCUT2D eigenvalue weighted by molar-refractivity contribution is -0.139. The zero-order valence-corrected chi connectivity index (χ0v) is 10.5. The van der Waals surface area contributed by atoms with E-state index in [0.29, 0.717) is 17.5 Å². The third kappa shape index (κ3) is 2.07. The molecule has 1 aliphatic carbocycles. The molecule has 3 rings (SSSR count). The van der Waals surface area contributed by atoms with Crippen molar-refractivity contribution in [2.45, 2.75) is 6.42 Å². The molecule has 102 valence electrons. The average molecular weight is 271 g/mol. The monoisotopic (exact) mass is 271 g/mol. The first-order valence-corrected chi connectivity index (χ1v) is 6.32. The van der Waals surface area contributed by atoms with Crippen molar-refractivity contribution in [2.24, 2.45) is 11.8 Å². The summed E-state index contributed by atoms with van der Waals surface area (Å²) in [7, 11) is 0. The van der Waals surface area contributed by atoms with Crippen molar-refractivity contribution in [1.29, 1.82) is 0 Å². The molecule has 0 radical (unpaired) electrons. The van der Waals surface area contributed by atoms with Gasteiger partial charge in [0.05, 0.1) is 11.8 Å². The molecule has 0 heterocycles. The number of carboxylic acids is 1. The maximum Gasteiger partial charge on any atom is 0.307 e. The Labute approximate surface area is 114 Å². The summed E-state index contributed by atoms with van der Waals surface area (Å²) >= 11 is 0. The summed E-state index contributed by atoms with van der Waals surface area (Å²) in [5, 5.41) is 22.7. The molecule has 0 spiro atoms. The molecule has 3 N–H and O–H groups in total. The number of hydrogen-bond acceptors (Lipinski definition) is 3. The molecular weight excluding hydrogens is 258 g/mol. The Morgan fingerprint density at radius 2 is 1.75 bits per heavy atom. The van der Waals surface area contributed by atoms with Crippen molar-refractivity contribution in [3.05, 3.63) is 36.4 Å². The quantitative estimate of drug-likeness (QED) is 0.798. The lowest BCUT2D eigenvalue weighted by atomic mass is 10.1. The third-order valence-corrected chi connectivity index (χ3v) is 3.60. The molecule has 0 unspecified atom stereocenters. The summed E-state index contributed by atoms with van der Waals surface area (Å²) in [4.78, 5) is 22.8. The standard InChI is InChI=1S/C15H13NO4/c17-13-6-2-3-8-9(13)4-1-5-12(8)16-14(18)10-7-11(10)15(19)20/h1-6,10-11,17H,7H2,(H,16,18)(H,19,20)/t10-,11+/m1/s1. The lowest BCUT2D eigenvalue weighted by Crippen LogP contribution is -2.16. The minimum Gasteiger partial charge on any atom is -0.507 e. The molecule has 1 amide bonds. The van der Waals surface area contributed by atoms with Crippen LogP contribution in [0.2, 0.25) is 0 Å². The summed E-state index contributed by atoms with van der Waals surface area (Å²) in [6.07, 6.45) is 0.386. The number of aromatic hydroxyl groups is 1. The normalized spacial score (nSPS) is 20.6. The van der Waals surface area contributed by atoms with Gasteiger partial charge in [0.25, 0.3) is 0 Å². The van der Waals surface area contributed by atoms with Gasteiger partial charge in [-0.15, -0.1) is 0 Å². The molecule has 0 saturated heterocycles. The van der Waals surface area contributed by atoms with E-state index in [4.69, 9.17) is 5.11 Å². The number of hydrogen-bond donors (Lipinski definition) is 3. The molecule has 1 fully saturated rings. The zero-order valence-electron chi connectivity index (χ0n) is 10.5. The van der Waals surface area contributed by atoms with Gasteiger partial charge in [0.2, 0.25) is 5.91 Å². The highest BCUT2D eigenvalue weighted by molar-refractivity contribution is 6.06. The second-order valence-electron chi connectivity index (χ2n) is 4.95. The number of benzene rings is 2. The van der Waals surface area contributed by atoms with Crippen molar-refractivity contribution in [3.63, 3.8) is 0 Å². The summed E-state index contributed by atoms with van der Waals surface area (Å²) in [5.41, 5.74) is 0.583. The fourth-order valence-electron chi connectivity index (χ4n) is 2.39. The van der Waals surface area contributed by atoms with Crippen molar-refractivity contribution < 1.29 is 19.8 Å². The fraction of sp³-hybridized carbons (Fsp3) is 0.200. The van der Waals surface area contributed by atoms with Crippen molar-refractivity contribution in [1.82, 2.24) is 0 Å². The van der Waals surface area contributed by atoms with Gasteiger partial charge < -0.3 is 15.5 Å². The van der Waals surface area contributed by atoms with E-state index in [1.165, 1.54) is 0 Å². The van der Waals surface area contributed by atoms with Crippen LogP contribution in [0.25, 0.3) is 10.8 Å². The van der Waals surface area contributed by atoms with Gasteiger partial charge in [0.1, 0.15) is 5.75 Å².